The molecule has 0 fully saturated rings. The Kier molecular flexibility index (Phi) is 5.40. The highest BCUT2D eigenvalue weighted by molar-refractivity contribution is 7.98. The van der Waals surface area contributed by atoms with Gasteiger partial charge >= 0.3 is 0 Å². The smallest absolute Gasteiger partial charge is 0.253 e. The number of rotatable bonds is 5. The summed E-state index contributed by atoms with van der Waals surface area (Å²) in [5.41, 5.74) is 2.39. The zero-order valence-corrected chi connectivity index (χ0v) is 15.4. The molecule has 0 aliphatic heterocycles. The van der Waals surface area contributed by atoms with Gasteiger partial charge in [-0.1, -0.05) is 23.7 Å². The van der Waals surface area contributed by atoms with E-state index in [9.17, 15) is 4.79 Å². The summed E-state index contributed by atoms with van der Waals surface area (Å²) in [6.45, 7) is 1.94. The van der Waals surface area contributed by atoms with Crippen molar-refractivity contribution in [3.63, 3.8) is 0 Å². The van der Waals surface area contributed by atoms with Gasteiger partial charge in [0.1, 0.15) is 12.7 Å². The number of carbonyl (C=O) groups excluding carboxylic acids is 1. The second-order valence-corrected chi connectivity index (χ2v) is 6.76. The number of nitrogens with one attached hydrogen (secondary N) is 1. The van der Waals surface area contributed by atoms with Crippen molar-refractivity contribution in [2.75, 3.05) is 6.26 Å². The molecule has 1 aromatic heterocycles. The number of thioether (sulfide) groups is 1. The van der Waals surface area contributed by atoms with Crippen molar-refractivity contribution in [3.8, 4) is 5.69 Å². The van der Waals surface area contributed by atoms with Crippen LogP contribution in [0, 0.1) is 0 Å². The maximum Gasteiger partial charge on any atom is 0.253 e. The summed E-state index contributed by atoms with van der Waals surface area (Å²) in [6.07, 6.45) is 5.09. The van der Waals surface area contributed by atoms with Crippen molar-refractivity contribution in [2.45, 2.75) is 17.9 Å². The molecule has 0 aliphatic carbocycles. The lowest BCUT2D eigenvalue weighted by Gasteiger charge is -2.16. The maximum atomic E-state index is 12.5. The number of nitrogens with zero attached hydrogens (tertiary/aromatic N) is 3. The Balaban J connectivity index is 1.73. The van der Waals surface area contributed by atoms with E-state index >= 15 is 0 Å². The Labute approximate surface area is 155 Å². The number of aromatic nitrogens is 3. The Hall–Kier alpha value is -2.31. The molecule has 1 N–H and O–H groups in total. The third-order valence-corrected chi connectivity index (χ3v) is 4.90. The van der Waals surface area contributed by atoms with E-state index in [0.717, 1.165) is 16.1 Å². The van der Waals surface area contributed by atoms with Crippen LogP contribution in [0.1, 0.15) is 28.9 Å². The van der Waals surface area contributed by atoms with Crippen molar-refractivity contribution in [3.05, 3.63) is 71.3 Å². The fraction of sp³-hybridized carbons (Fsp3) is 0.167. The van der Waals surface area contributed by atoms with E-state index in [2.05, 4.69) is 15.4 Å². The number of amides is 1. The van der Waals surface area contributed by atoms with Crippen LogP contribution in [0.25, 0.3) is 5.69 Å². The van der Waals surface area contributed by atoms with Gasteiger partial charge in [0.25, 0.3) is 5.91 Å². The first kappa shape index (κ1) is 17.5. The van der Waals surface area contributed by atoms with Gasteiger partial charge in [-0.3, -0.25) is 4.79 Å². The second kappa shape index (κ2) is 7.72. The average molecular weight is 373 g/mol. The molecule has 0 bridgehead atoms. The van der Waals surface area contributed by atoms with Crippen LogP contribution < -0.4 is 5.32 Å². The first-order valence-corrected chi connectivity index (χ1v) is 9.28. The summed E-state index contributed by atoms with van der Waals surface area (Å²) in [4.78, 5) is 17.5. The van der Waals surface area contributed by atoms with Gasteiger partial charge < -0.3 is 5.32 Å². The fourth-order valence-electron chi connectivity index (χ4n) is 2.42. The van der Waals surface area contributed by atoms with Crippen molar-refractivity contribution in [1.29, 1.82) is 0 Å². The van der Waals surface area contributed by atoms with E-state index in [4.69, 9.17) is 11.6 Å². The lowest BCUT2D eigenvalue weighted by Crippen LogP contribution is -2.27. The average Bonchev–Trinajstić information content (AvgIpc) is 3.17. The SMILES string of the molecule is CSc1ccc(Cl)c(C(=O)NC(C)c2ccc(-n3cncn3)cc2)c1. The van der Waals surface area contributed by atoms with Gasteiger partial charge in [0, 0.05) is 4.90 Å². The molecule has 1 amide bonds. The van der Waals surface area contributed by atoms with Gasteiger partial charge in [-0.2, -0.15) is 5.10 Å². The summed E-state index contributed by atoms with van der Waals surface area (Å²) < 4.78 is 1.68. The molecule has 0 aliphatic rings. The molecule has 0 spiro atoms. The summed E-state index contributed by atoms with van der Waals surface area (Å²) in [5.74, 6) is -0.186. The number of benzene rings is 2. The highest BCUT2D eigenvalue weighted by Crippen LogP contribution is 2.24. The largest absolute Gasteiger partial charge is 0.345 e. The minimum Gasteiger partial charge on any atom is -0.345 e. The lowest BCUT2D eigenvalue weighted by molar-refractivity contribution is 0.0940. The van der Waals surface area contributed by atoms with Crippen LogP contribution in [0.4, 0.5) is 0 Å². The molecule has 5 nitrogen and oxygen atoms in total. The van der Waals surface area contributed by atoms with E-state index in [1.165, 1.54) is 6.33 Å². The van der Waals surface area contributed by atoms with Gasteiger partial charge in [-0.05, 0) is 49.1 Å². The highest BCUT2D eigenvalue weighted by atomic mass is 35.5. The summed E-state index contributed by atoms with van der Waals surface area (Å²) in [7, 11) is 0. The molecule has 3 rings (SSSR count). The molecular weight excluding hydrogens is 356 g/mol. The maximum absolute atomic E-state index is 12.5. The van der Waals surface area contributed by atoms with Gasteiger partial charge in [0.2, 0.25) is 0 Å². The topological polar surface area (TPSA) is 59.8 Å². The molecule has 1 atom stereocenters. The molecular formula is C18H17ClN4OS. The van der Waals surface area contributed by atoms with E-state index in [1.54, 1.807) is 28.8 Å². The van der Waals surface area contributed by atoms with Crippen molar-refractivity contribution in [2.24, 2.45) is 0 Å². The molecule has 7 heteroatoms. The molecule has 128 valence electrons. The predicted molar refractivity (Wildman–Crippen MR) is 100 cm³/mol. The van der Waals surface area contributed by atoms with E-state index < -0.39 is 0 Å². The van der Waals surface area contributed by atoms with Gasteiger partial charge in [0.15, 0.2) is 0 Å². The quantitative estimate of drug-likeness (QED) is 0.684. The third-order valence-electron chi connectivity index (χ3n) is 3.84. The standard InChI is InChI=1S/C18H17ClN4OS/c1-12(13-3-5-14(6-4-13)23-11-20-10-21-23)22-18(24)16-9-15(25-2)7-8-17(16)19/h3-12H,1-2H3,(H,22,24). The number of halogens is 1. The summed E-state index contributed by atoms with van der Waals surface area (Å²) in [5, 5.41) is 7.53. The van der Waals surface area contributed by atoms with Crippen LogP contribution in [0.3, 0.4) is 0 Å². The molecule has 3 aromatic rings. The van der Waals surface area contributed by atoms with Crippen LogP contribution in [0.15, 0.2) is 60.0 Å². The van der Waals surface area contributed by atoms with E-state index in [1.807, 2.05) is 49.6 Å². The Morgan fingerprint density at radius 1 is 1.24 bits per heavy atom. The van der Waals surface area contributed by atoms with Crippen LogP contribution in [-0.2, 0) is 0 Å². The van der Waals surface area contributed by atoms with Crippen LogP contribution in [0.5, 0.6) is 0 Å². The number of hydrogen-bond donors (Lipinski definition) is 1. The molecule has 2 aromatic carbocycles. The van der Waals surface area contributed by atoms with Crippen LogP contribution in [0.2, 0.25) is 5.02 Å². The summed E-state index contributed by atoms with van der Waals surface area (Å²) >= 11 is 7.74. The number of carbonyl (C=O) groups is 1. The first-order chi connectivity index (χ1) is 12.1. The van der Waals surface area contributed by atoms with Gasteiger partial charge in [-0.25, -0.2) is 9.67 Å². The van der Waals surface area contributed by atoms with Gasteiger partial charge in [-0.15, -0.1) is 11.8 Å². The predicted octanol–water partition coefficient (Wildman–Crippen LogP) is 4.13. The van der Waals surface area contributed by atoms with Crippen molar-refractivity contribution >= 4 is 29.3 Å². The Bertz CT molecular complexity index is 865. The molecule has 0 saturated carbocycles. The normalized spacial score (nSPS) is 12.0. The van der Waals surface area contributed by atoms with Gasteiger partial charge in [0.05, 0.1) is 22.3 Å². The molecule has 0 radical (unpaired) electrons. The fourth-order valence-corrected chi connectivity index (χ4v) is 3.06. The third kappa shape index (κ3) is 4.03. The molecule has 1 heterocycles. The second-order valence-electron chi connectivity index (χ2n) is 5.47. The van der Waals surface area contributed by atoms with Crippen molar-refractivity contribution in [1.82, 2.24) is 20.1 Å². The van der Waals surface area contributed by atoms with E-state index in [0.29, 0.717) is 10.6 Å². The van der Waals surface area contributed by atoms with Crippen molar-refractivity contribution < 1.29 is 4.79 Å². The minimum atomic E-state index is -0.186. The highest BCUT2D eigenvalue weighted by Gasteiger charge is 2.15. The molecule has 0 saturated heterocycles. The Morgan fingerprint density at radius 2 is 2.00 bits per heavy atom. The molecule has 25 heavy (non-hydrogen) atoms. The minimum absolute atomic E-state index is 0.147. The first-order valence-electron chi connectivity index (χ1n) is 7.68. The zero-order valence-electron chi connectivity index (χ0n) is 13.8. The zero-order chi connectivity index (χ0) is 17.8. The van der Waals surface area contributed by atoms with Crippen LogP contribution in [-0.4, -0.2) is 26.9 Å². The number of hydrogen-bond acceptors (Lipinski definition) is 4. The van der Waals surface area contributed by atoms with Crippen LogP contribution >= 0.6 is 23.4 Å². The Morgan fingerprint density at radius 3 is 2.64 bits per heavy atom. The lowest BCUT2D eigenvalue weighted by atomic mass is 10.1. The molecule has 1 unspecified atom stereocenters. The monoisotopic (exact) mass is 372 g/mol. The van der Waals surface area contributed by atoms with E-state index in [-0.39, 0.29) is 11.9 Å². The summed E-state index contributed by atoms with van der Waals surface area (Å²) in [6, 6.07) is 13.1.